The third-order valence-electron chi connectivity index (χ3n) is 5.30. The number of aliphatic imine (C=N–C) groups is 1. The second-order valence-corrected chi connectivity index (χ2v) is 10.2. The molecule has 1 unspecified atom stereocenters. The maximum absolute atomic E-state index is 11.6. The first-order chi connectivity index (χ1) is 13.2. The van der Waals surface area contributed by atoms with Crippen LogP contribution >= 0.6 is 0 Å². The van der Waals surface area contributed by atoms with E-state index >= 15 is 0 Å². The van der Waals surface area contributed by atoms with Gasteiger partial charge in [0.05, 0.1) is 12.3 Å². The van der Waals surface area contributed by atoms with Gasteiger partial charge in [0.2, 0.25) is 10.0 Å². The van der Waals surface area contributed by atoms with Gasteiger partial charge in [-0.3, -0.25) is 4.99 Å². The van der Waals surface area contributed by atoms with Gasteiger partial charge in [0.1, 0.15) is 0 Å². The number of rotatable bonds is 7. The minimum absolute atomic E-state index is 0.159. The minimum Gasteiger partial charge on any atom is -0.356 e. The standard InChI is InChI=1S/C21H36N4O2S/c1-16(2)14-18-6-8-20(9-7-18)17(3)24-21(22-4)23-15-19-10-12-25(13-11-19)28(5,26)27/h6-9,16-17,19H,10-15H2,1-5H3,(H2,22,23,24). The van der Waals surface area contributed by atoms with Crippen molar-refractivity contribution in [3.8, 4) is 0 Å². The summed E-state index contributed by atoms with van der Waals surface area (Å²) >= 11 is 0. The highest BCUT2D eigenvalue weighted by Crippen LogP contribution is 2.19. The van der Waals surface area contributed by atoms with Gasteiger partial charge in [-0.2, -0.15) is 0 Å². The Morgan fingerprint density at radius 1 is 1.18 bits per heavy atom. The highest BCUT2D eigenvalue weighted by molar-refractivity contribution is 7.88. The van der Waals surface area contributed by atoms with E-state index in [9.17, 15) is 8.42 Å². The predicted octanol–water partition coefficient (Wildman–Crippen LogP) is 2.78. The zero-order valence-electron chi connectivity index (χ0n) is 17.9. The van der Waals surface area contributed by atoms with E-state index < -0.39 is 10.0 Å². The highest BCUT2D eigenvalue weighted by Gasteiger charge is 2.24. The molecule has 2 rings (SSSR count). The Labute approximate surface area is 170 Å². The van der Waals surface area contributed by atoms with Crippen LogP contribution in [-0.4, -0.2) is 51.6 Å². The Balaban J connectivity index is 1.81. The van der Waals surface area contributed by atoms with Crippen molar-refractivity contribution in [3.05, 3.63) is 35.4 Å². The van der Waals surface area contributed by atoms with E-state index in [1.165, 1.54) is 17.4 Å². The molecule has 0 saturated carbocycles. The van der Waals surface area contributed by atoms with Crippen molar-refractivity contribution in [2.24, 2.45) is 16.8 Å². The zero-order chi connectivity index (χ0) is 20.7. The maximum Gasteiger partial charge on any atom is 0.211 e. The number of sulfonamides is 1. The van der Waals surface area contributed by atoms with Crippen molar-refractivity contribution in [2.75, 3.05) is 32.9 Å². The van der Waals surface area contributed by atoms with Gasteiger partial charge in [0, 0.05) is 26.7 Å². The molecule has 158 valence electrons. The summed E-state index contributed by atoms with van der Waals surface area (Å²) in [7, 11) is -1.29. The van der Waals surface area contributed by atoms with Gasteiger partial charge >= 0.3 is 0 Å². The molecular weight excluding hydrogens is 372 g/mol. The normalized spacial score (nSPS) is 18.3. The second kappa shape index (κ2) is 10.3. The molecule has 0 amide bonds. The lowest BCUT2D eigenvalue weighted by Crippen LogP contribution is -2.44. The zero-order valence-corrected chi connectivity index (χ0v) is 18.7. The third-order valence-corrected chi connectivity index (χ3v) is 6.60. The topological polar surface area (TPSA) is 73.8 Å². The summed E-state index contributed by atoms with van der Waals surface area (Å²) < 4.78 is 24.8. The second-order valence-electron chi connectivity index (χ2n) is 8.26. The van der Waals surface area contributed by atoms with Crippen LogP contribution < -0.4 is 10.6 Å². The molecule has 1 atom stereocenters. The number of nitrogens with zero attached hydrogens (tertiary/aromatic N) is 2. The van der Waals surface area contributed by atoms with Crippen LogP contribution in [0.2, 0.25) is 0 Å². The summed E-state index contributed by atoms with van der Waals surface area (Å²) in [6, 6.07) is 8.94. The van der Waals surface area contributed by atoms with Crippen LogP contribution in [0.5, 0.6) is 0 Å². The molecule has 28 heavy (non-hydrogen) atoms. The van der Waals surface area contributed by atoms with Crippen molar-refractivity contribution in [1.29, 1.82) is 0 Å². The number of hydrogen-bond donors (Lipinski definition) is 2. The molecule has 1 aromatic carbocycles. The Kier molecular flexibility index (Phi) is 8.31. The Morgan fingerprint density at radius 2 is 1.79 bits per heavy atom. The minimum atomic E-state index is -3.06. The third kappa shape index (κ3) is 7.09. The molecule has 0 spiro atoms. The lowest BCUT2D eigenvalue weighted by molar-refractivity contribution is 0.274. The van der Waals surface area contributed by atoms with E-state index in [-0.39, 0.29) is 6.04 Å². The first-order valence-electron chi connectivity index (χ1n) is 10.2. The van der Waals surface area contributed by atoms with Crippen LogP contribution in [-0.2, 0) is 16.4 Å². The first-order valence-corrected chi connectivity index (χ1v) is 12.0. The van der Waals surface area contributed by atoms with Gasteiger partial charge < -0.3 is 10.6 Å². The molecular formula is C21H36N4O2S. The SMILES string of the molecule is CN=C(NCC1CCN(S(C)(=O)=O)CC1)NC(C)c1ccc(CC(C)C)cc1. The van der Waals surface area contributed by atoms with Crippen molar-refractivity contribution >= 4 is 16.0 Å². The highest BCUT2D eigenvalue weighted by atomic mass is 32.2. The summed E-state index contributed by atoms with van der Waals surface area (Å²) in [4.78, 5) is 4.34. The number of benzene rings is 1. The van der Waals surface area contributed by atoms with Crippen LogP contribution in [0.25, 0.3) is 0 Å². The molecule has 0 aliphatic carbocycles. The molecule has 1 saturated heterocycles. The van der Waals surface area contributed by atoms with Crippen LogP contribution in [0.1, 0.15) is 50.8 Å². The lowest BCUT2D eigenvalue weighted by atomic mass is 9.98. The number of nitrogens with one attached hydrogen (secondary N) is 2. The average molecular weight is 409 g/mol. The van der Waals surface area contributed by atoms with E-state index in [2.05, 4.69) is 60.7 Å². The lowest BCUT2D eigenvalue weighted by Gasteiger charge is -2.30. The summed E-state index contributed by atoms with van der Waals surface area (Å²) in [6.07, 6.45) is 4.14. The van der Waals surface area contributed by atoms with Crippen molar-refractivity contribution in [3.63, 3.8) is 0 Å². The van der Waals surface area contributed by atoms with E-state index in [1.807, 2.05) is 0 Å². The molecule has 1 fully saturated rings. The van der Waals surface area contributed by atoms with E-state index in [1.54, 1.807) is 11.4 Å². The fraction of sp³-hybridized carbons (Fsp3) is 0.667. The number of hydrogen-bond acceptors (Lipinski definition) is 3. The van der Waals surface area contributed by atoms with Crippen LogP contribution in [0.4, 0.5) is 0 Å². The average Bonchev–Trinajstić information content (AvgIpc) is 2.64. The molecule has 1 heterocycles. The smallest absolute Gasteiger partial charge is 0.211 e. The molecule has 0 bridgehead atoms. The van der Waals surface area contributed by atoms with E-state index in [4.69, 9.17) is 0 Å². The molecule has 0 radical (unpaired) electrons. The quantitative estimate of drug-likeness (QED) is 0.537. The largest absolute Gasteiger partial charge is 0.356 e. The molecule has 2 N–H and O–H groups in total. The Morgan fingerprint density at radius 3 is 2.29 bits per heavy atom. The van der Waals surface area contributed by atoms with E-state index in [0.717, 1.165) is 31.8 Å². The molecule has 1 aliphatic heterocycles. The molecule has 1 aliphatic rings. The van der Waals surface area contributed by atoms with Crippen molar-refractivity contribution < 1.29 is 8.42 Å². The molecule has 7 heteroatoms. The van der Waals surface area contributed by atoms with Gasteiger partial charge in [-0.15, -0.1) is 0 Å². The predicted molar refractivity (Wildman–Crippen MR) is 117 cm³/mol. The van der Waals surface area contributed by atoms with Crippen LogP contribution in [0, 0.1) is 11.8 Å². The van der Waals surface area contributed by atoms with Crippen molar-refractivity contribution in [2.45, 2.75) is 46.1 Å². The molecule has 1 aromatic rings. The first kappa shape index (κ1) is 22.7. The summed E-state index contributed by atoms with van der Waals surface area (Å²) in [6.45, 7) is 8.62. The summed E-state index contributed by atoms with van der Waals surface area (Å²) in [5.74, 6) is 1.90. The van der Waals surface area contributed by atoms with Gasteiger partial charge in [-0.1, -0.05) is 38.1 Å². The van der Waals surface area contributed by atoms with E-state index in [0.29, 0.717) is 24.9 Å². The van der Waals surface area contributed by atoms with Gasteiger partial charge in [0.15, 0.2) is 5.96 Å². The monoisotopic (exact) mass is 408 g/mol. The summed E-state index contributed by atoms with van der Waals surface area (Å²) in [5, 5.41) is 6.85. The van der Waals surface area contributed by atoms with Gasteiger partial charge in [-0.05, 0) is 49.1 Å². The molecule has 0 aromatic heterocycles. The molecule has 6 nitrogen and oxygen atoms in total. The van der Waals surface area contributed by atoms with Crippen molar-refractivity contribution in [1.82, 2.24) is 14.9 Å². The summed E-state index contributed by atoms with van der Waals surface area (Å²) in [5.41, 5.74) is 2.60. The van der Waals surface area contributed by atoms with Crippen LogP contribution in [0.15, 0.2) is 29.3 Å². The number of piperidine rings is 1. The maximum atomic E-state index is 11.6. The van der Waals surface area contributed by atoms with Gasteiger partial charge in [0.25, 0.3) is 0 Å². The Bertz CT molecular complexity index is 736. The fourth-order valence-corrected chi connectivity index (χ4v) is 4.46. The van der Waals surface area contributed by atoms with Gasteiger partial charge in [-0.25, -0.2) is 12.7 Å². The number of guanidine groups is 1. The van der Waals surface area contributed by atoms with Crippen LogP contribution in [0.3, 0.4) is 0 Å². The fourth-order valence-electron chi connectivity index (χ4n) is 3.58. The Hall–Kier alpha value is -1.60.